The van der Waals surface area contributed by atoms with E-state index in [9.17, 15) is 21.6 Å². The number of rotatable bonds is 6. The normalized spacial score (nSPS) is 11.9. The molecule has 0 atom stereocenters. The summed E-state index contributed by atoms with van der Waals surface area (Å²) in [6.07, 6.45) is 1.05. The Morgan fingerprint density at radius 1 is 0.848 bits per heavy atom. The Balaban J connectivity index is 1.58. The topological polar surface area (TPSA) is 151 Å². The Morgan fingerprint density at radius 2 is 1.55 bits per heavy atom. The number of sulfone groups is 1. The summed E-state index contributed by atoms with van der Waals surface area (Å²) in [5, 5.41) is 3.38. The fourth-order valence-corrected chi connectivity index (χ4v) is 5.20. The van der Waals surface area contributed by atoms with Crippen molar-refractivity contribution in [2.75, 3.05) is 22.0 Å². The molecule has 9 nitrogen and oxygen atoms in total. The van der Waals surface area contributed by atoms with E-state index in [-0.39, 0.29) is 15.5 Å². The van der Waals surface area contributed by atoms with Gasteiger partial charge < -0.3 is 16.0 Å². The Labute approximate surface area is 190 Å². The first-order valence-electron chi connectivity index (χ1n) is 9.64. The maximum Gasteiger partial charge on any atom is 0.272 e. The lowest BCUT2D eigenvalue weighted by molar-refractivity contribution is 0.102. The fraction of sp³-hybridized carbons (Fsp3) is 0.0455. The summed E-state index contributed by atoms with van der Waals surface area (Å²) < 4.78 is 51.1. The highest BCUT2D eigenvalue weighted by atomic mass is 32.2. The van der Waals surface area contributed by atoms with E-state index in [0.29, 0.717) is 28.0 Å². The van der Waals surface area contributed by atoms with E-state index < -0.39 is 25.8 Å². The lowest BCUT2D eigenvalue weighted by atomic mass is 10.2. The number of nitrogen functional groups attached to an aromatic ring is 1. The molecule has 0 unspecified atom stereocenters. The number of aromatic nitrogens is 1. The average molecular weight is 485 g/mol. The molecule has 4 aromatic rings. The number of anilines is 3. The number of hydrogen-bond donors (Lipinski definition) is 4. The van der Waals surface area contributed by atoms with Gasteiger partial charge in [0.15, 0.2) is 0 Å². The standard InChI is InChI=1S/C22H20N4O5S2/c1-32(28,29)26-17-9-8-14-10-21(25-20(14)13-17)22(27)24-16-5-3-7-19(12-16)33(30,31)18-6-2-4-15(23)11-18/h2-13,25-26H,23H2,1H3,(H,24,27). The third kappa shape index (κ3) is 4.99. The summed E-state index contributed by atoms with van der Waals surface area (Å²) >= 11 is 0. The van der Waals surface area contributed by atoms with Gasteiger partial charge in [-0.3, -0.25) is 9.52 Å². The molecule has 11 heteroatoms. The van der Waals surface area contributed by atoms with Crippen molar-refractivity contribution in [1.82, 2.24) is 4.98 Å². The summed E-state index contributed by atoms with van der Waals surface area (Å²) in [6.45, 7) is 0. The highest BCUT2D eigenvalue weighted by Crippen LogP contribution is 2.25. The highest BCUT2D eigenvalue weighted by Gasteiger charge is 2.19. The van der Waals surface area contributed by atoms with Crippen LogP contribution in [0.2, 0.25) is 0 Å². The maximum atomic E-state index is 12.9. The van der Waals surface area contributed by atoms with Crippen LogP contribution < -0.4 is 15.8 Å². The Kier molecular flexibility index (Phi) is 5.60. The number of carbonyl (C=O) groups is 1. The Morgan fingerprint density at radius 3 is 2.24 bits per heavy atom. The minimum Gasteiger partial charge on any atom is -0.399 e. The number of sulfonamides is 1. The second-order valence-electron chi connectivity index (χ2n) is 7.42. The third-order valence-corrected chi connectivity index (χ3v) is 7.10. The van der Waals surface area contributed by atoms with Crippen molar-refractivity contribution in [2.45, 2.75) is 9.79 Å². The number of fused-ring (bicyclic) bond motifs is 1. The Bertz CT molecular complexity index is 1590. The molecule has 5 N–H and O–H groups in total. The van der Waals surface area contributed by atoms with E-state index in [1.807, 2.05) is 0 Å². The predicted octanol–water partition coefficient (Wildman–Crippen LogP) is 3.21. The molecule has 0 saturated carbocycles. The summed E-state index contributed by atoms with van der Waals surface area (Å²) in [5.41, 5.74) is 7.48. The molecule has 0 bridgehead atoms. The molecule has 0 aliphatic heterocycles. The van der Waals surface area contributed by atoms with E-state index >= 15 is 0 Å². The summed E-state index contributed by atoms with van der Waals surface area (Å²) in [4.78, 5) is 15.8. The van der Waals surface area contributed by atoms with Crippen molar-refractivity contribution in [3.63, 3.8) is 0 Å². The van der Waals surface area contributed by atoms with Crippen LogP contribution in [-0.4, -0.2) is 34.0 Å². The van der Waals surface area contributed by atoms with E-state index in [1.54, 1.807) is 42.5 Å². The predicted molar refractivity (Wildman–Crippen MR) is 127 cm³/mol. The summed E-state index contributed by atoms with van der Waals surface area (Å²) in [7, 11) is -7.25. The monoisotopic (exact) mass is 484 g/mol. The van der Waals surface area contributed by atoms with Gasteiger partial charge in [-0.05, 0) is 54.6 Å². The second kappa shape index (κ2) is 8.26. The van der Waals surface area contributed by atoms with E-state index in [1.165, 1.54) is 30.3 Å². The molecule has 1 amide bonds. The molecular formula is C22H20N4O5S2. The van der Waals surface area contributed by atoms with E-state index in [4.69, 9.17) is 5.73 Å². The van der Waals surface area contributed by atoms with Crippen LogP contribution >= 0.6 is 0 Å². The van der Waals surface area contributed by atoms with Crippen LogP contribution in [0, 0.1) is 0 Å². The van der Waals surface area contributed by atoms with Crippen LogP contribution in [0.3, 0.4) is 0 Å². The van der Waals surface area contributed by atoms with Crippen molar-refractivity contribution in [3.05, 3.63) is 78.5 Å². The van der Waals surface area contributed by atoms with Crippen molar-refractivity contribution in [1.29, 1.82) is 0 Å². The zero-order chi connectivity index (χ0) is 23.8. The van der Waals surface area contributed by atoms with Gasteiger partial charge in [0.05, 0.1) is 21.7 Å². The quantitative estimate of drug-likeness (QED) is 0.309. The van der Waals surface area contributed by atoms with Crippen LogP contribution in [0.5, 0.6) is 0 Å². The van der Waals surface area contributed by atoms with Crippen LogP contribution in [-0.2, 0) is 19.9 Å². The first-order valence-corrected chi connectivity index (χ1v) is 13.0. The van der Waals surface area contributed by atoms with Gasteiger partial charge in [-0.1, -0.05) is 18.2 Å². The van der Waals surface area contributed by atoms with Gasteiger partial charge in [-0.25, -0.2) is 16.8 Å². The molecule has 0 aliphatic rings. The minimum atomic E-state index is -3.82. The number of H-pyrrole nitrogens is 1. The molecule has 0 aliphatic carbocycles. The van der Waals surface area contributed by atoms with E-state index in [0.717, 1.165) is 6.26 Å². The average Bonchev–Trinajstić information content (AvgIpc) is 3.16. The fourth-order valence-electron chi connectivity index (χ4n) is 3.28. The number of hydrogen-bond acceptors (Lipinski definition) is 6. The van der Waals surface area contributed by atoms with Gasteiger partial charge in [0.1, 0.15) is 5.69 Å². The lowest BCUT2D eigenvalue weighted by Crippen LogP contribution is -2.13. The molecule has 33 heavy (non-hydrogen) atoms. The third-order valence-electron chi connectivity index (χ3n) is 4.74. The number of nitrogens with two attached hydrogens (primary N) is 1. The molecule has 0 fully saturated rings. The number of aromatic amines is 1. The zero-order valence-corrected chi connectivity index (χ0v) is 19.0. The Hall–Kier alpha value is -3.83. The molecule has 1 heterocycles. The first kappa shape index (κ1) is 22.4. The minimum absolute atomic E-state index is 0.0130. The molecule has 3 aromatic carbocycles. The molecule has 1 aromatic heterocycles. The van der Waals surface area contributed by atoms with Gasteiger partial charge in [-0.15, -0.1) is 0 Å². The number of amides is 1. The SMILES string of the molecule is CS(=O)(=O)Nc1ccc2cc(C(=O)Nc3cccc(S(=O)(=O)c4cccc(N)c4)c3)[nH]c2c1. The number of nitrogens with one attached hydrogen (secondary N) is 3. The van der Waals surface area contributed by atoms with Crippen molar-refractivity contribution < 1.29 is 21.6 Å². The van der Waals surface area contributed by atoms with Crippen molar-refractivity contribution in [2.24, 2.45) is 0 Å². The van der Waals surface area contributed by atoms with Crippen molar-refractivity contribution in [3.8, 4) is 0 Å². The molecule has 0 saturated heterocycles. The van der Waals surface area contributed by atoms with Gasteiger partial charge in [0.25, 0.3) is 5.91 Å². The second-order valence-corrected chi connectivity index (χ2v) is 11.1. The molecule has 0 radical (unpaired) electrons. The summed E-state index contributed by atoms with van der Waals surface area (Å²) in [6, 6.07) is 18.3. The van der Waals surface area contributed by atoms with Gasteiger partial charge in [0.2, 0.25) is 19.9 Å². The van der Waals surface area contributed by atoms with Crippen LogP contribution in [0.4, 0.5) is 17.1 Å². The highest BCUT2D eigenvalue weighted by molar-refractivity contribution is 7.92. The molecule has 170 valence electrons. The van der Waals surface area contributed by atoms with Crippen molar-refractivity contribution >= 4 is 53.7 Å². The summed E-state index contributed by atoms with van der Waals surface area (Å²) in [5.74, 6) is -0.484. The molecule has 0 spiro atoms. The zero-order valence-electron chi connectivity index (χ0n) is 17.4. The molecular weight excluding hydrogens is 464 g/mol. The maximum absolute atomic E-state index is 12.9. The van der Waals surface area contributed by atoms with Crippen LogP contribution in [0.25, 0.3) is 10.9 Å². The van der Waals surface area contributed by atoms with Gasteiger partial charge in [-0.2, -0.15) is 0 Å². The molecule has 4 rings (SSSR count). The van der Waals surface area contributed by atoms with Crippen LogP contribution in [0.1, 0.15) is 10.5 Å². The number of carbonyl (C=O) groups excluding carboxylic acids is 1. The first-order chi connectivity index (χ1) is 15.5. The van der Waals surface area contributed by atoms with Gasteiger partial charge >= 0.3 is 0 Å². The van der Waals surface area contributed by atoms with Crippen LogP contribution in [0.15, 0.2) is 82.6 Å². The largest absolute Gasteiger partial charge is 0.399 e. The number of benzene rings is 3. The lowest BCUT2D eigenvalue weighted by Gasteiger charge is -2.08. The smallest absolute Gasteiger partial charge is 0.272 e. The van der Waals surface area contributed by atoms with Gasteiger partial charge in [0, 0.05) is 22.3 Å². The van der Waals surface area contributed by atoms with E-state index in [2.05, 4.69) is 15.0 Å².